The van der Waals surface area contributed by atoms with Crippen molar-refractivity contribution in [2.45, 2.75) is 38.3 Å². The van der Waals surface area contributed by atoms with E-state index in [2.05, 4.69) is 0 Å². The molecule has 0 aromatic rings. The van der Waals surface area contributed by atoms with Gasteiger partial charge in [-0.2, -0.15) is 0 Å². The molecule has 0 aliphatic carbocycles. The molecule has 2 fully saturated rings. The van der Waals surface area contributed by atoms with E-state index in [0.717, 1.165) is 0 Å². The second kappa shape index (κ2) is 3.04. The van der Waals surface area contributed by atoms with Crippen molar-refractivity contribution in [3.63, 3.8) is 0 Å². The number of rotatable bonds is 2. The van der Waals surface area contributed by atoms with Crippen LogP contribution < -0.4 is 0 Å². The van der Waals surface area contributed by atoms with Crippen LogP contribution in [0.15, 0.2) is 0 Å². The summed E-state index contributed by atoms with van der Waals surface area (Å²) in [6, 6.07) is 0. The largest absolute Gasteiger partial charge is 0.376 e. The number of ether oxygens (including phenoxy) is 3. The maximum Gasteiger partial charge on any atom is 0.173 e. The number of hydrogen-bond donors (Lipinski definition) is 0. The van der Waals surface area contributed by atoms with Crippen molar-refractivity contribution in [1.82, 2.24) is 0 Å². The molecule has 2 aliphatic rings. The number of Topliss-reactive ketones (excluding diaryl/α,β-unsaturated/α-hetero) is 1. The van der Waals surface area contributed by atoms with Crippen molar-refractivity contribution in [2.24, 2.45) is 0 Å². The van der Waals surface area contributed by atoms with E-state index < -0.39 is 5.79 Å². The number of carbonyl (C=O) groups excluding carboxylic acids is 1. The van der Waals surface area contributed by atoms with Gasteiger partial charge in [-0.15, -0.1) is 0 Å². The zero-order valence-corrected chi connectivity index (χ0v) is 7.91. The van der Waals surface area contributed by atoms with E-state index in [1.807, 2.05) is 6.92 Å². The van der Waals surface area contributed by atoms with Gasteiger partial charge in [0.1, 0.15) is 18.0 Å². The summed E-state index contributed by atoms with van der Waals surface area (Å²) in [5, 5.41) is 0. The molecule has 1 unspecified atom stereocenters. The number of ketones is 1. The first kappa shape index (κ1) is 9.12. The van der Waals surface area contributed by atoms with E-state index in [9.17, 15) is 4.79 Å². The van der Waals surface area contributed by atoms with Gasteiger partial charge in [-0.1, -0.05) is 0 Å². The maximum absolute atomic E-state index is 10.9. The Morgan fingerprint density at radius 1 is 1.38 bits per heavy atom. The Morgan fingerprint density at radius 3 is 2.38 bits per heavy atom. The molecule has 2 heterocycles. The molecule has 0 N–H and O–H groups in total. The summed E-state index contributed by atoms with van der Waals surface area (Å²) in [5.74, 6) is -0.631. The number of fused-ring (bicyclic) bond motifs is 1. The summed E-state index contributed by atoms with van der Waals surface area (Å²) >= 11 is 0. The van der Waals surface area contributed by atoms with E-state index in [-0.39, 0.29) is 18.0 Å². The maximum atomic E-state index is 10.9. The first-order chi connectivity index (χ1) is 6.09. The highest BCUT2D eigenvalue weighted by molar-refractivity contribution is 5.76. The number of hydrogen-bond acceptors (Lipinski definition) is 4. The third kappa shape index (κ3) is 1.75. The van der Waals surface area contributed by atoms with Crippen LogP contribution in [0, 0.1) is 0 Å². The molecule has 0 aromatic heterocycles. The predicted octanol–water partition coefficient (Wildman–Crippen LogP) is 0.496. The van der Waals surface area contributed by atoms with Crippen molar-refractivity contribution in [3.8, 4) is 0 Å². The highest BCUT2D eigenvalue weighted by atomic mass is 16.8. The van der Waals surface area contributed by atoms with Crippen LogP contribution >= 0.6 is 0 Å². The van der Waals surface area contributed by atoms with Gasteiger partial charge in [-0.25, -0.2) is 0 Å². The van der Waals surface area contributed by atoms with Crippen molar-refractivity contribution in [1.29, 1.82) is 0 Å². The lowest BCUT2D eigenvalue weighted by Gasteiger charge is -2.22. The van der Waals surface area contributed by atoms with Gasteiger partial charge >= 0.3 is 0 Å². The monoisotopic (exact) mass is 186 g/mol. The summed E-state index contributed by atoms with van der Waals surface area (Å²) in [6.07, 6.45) is 0.355. The molecule has 2 saturated heterocycles. The Balaban J connectivity index is 2.00. The summed E-state index contributed by atoms with van der Waals surface area (Å²) < 4.78 is 16.4. The molecule has 74 valence electrons. The average molecular weight is 186 g/mol. The van der Waals surface area contributed by atoms with Gasteiger partial charge in [0.15, 0.2) is 5.79 Å². The fraction of sp³-hybridized carbons (Fsp3) is 0.889. The smallest absolute Gasteiger partial charge is 0.173 e. The molecule has 13 heavy (non-hydrogen) atoms. The van der Waals surface area contributed by atoms with Crippen LogP contribution in [0.1, 0.15) is 20.3 Å². The Bertz CT molecular complexity index is 214. The summed E-state index contributed by atoms with van der Waals surface area (Å²) in [6.45, 7) is 4.52. The molecule has 2 aliphatic heterocycles. The van der Waals surface area contributed by atoms with E-state index in [1.54, 1.807) is 6.92 Å². The lowest BCUT2D eigenvalue weighted by atomic mass is 10.2. The minimum atomic E-state index is -0.717. The molecular formula is C9H14O4. The quantitative estimate of drug-likeness (QED) is 0.629. The Morgan fingerprint density at radius 2 is 1.92 bits per heavy atom. The van der Waals surface area contributed by atoms with Crippen LogP contribution in [0.2, 0.25) is 0 Å². The fourth-order valence-corrected chi connectivity index (χ4v) is 1.94. The Kier molecular flexibility index (Phi) is 2.14. The van der Waals surface area contributed by atoms with Crippen LogP contribution in [0.4, 0.5) is 0 Å². The summed E-state index contributed by atoms with van der Waals surface area (Å²) in [4.78, 5) is 10.9. The zero-order chi connectivity index (χ0) is 9.47. The van der Waals surface area contributed by atoms with E-state index in [0.29, 0.717) is 19.6 Å². The average Bonchev–Trinajstić information content (AvgIpc) is 2.41. The molecule has 0 radical (unpaired) electrons. The topological polar surface area (TPSA) is 44.8 Å². The first-order valence-corrected chi connectivity index (χ1v) is 4.52. The Hall–Kier alpha value is -0.450. The molecular weight excluding hydrogens is 172 g/mol. The van der Waals surface area contributed by atoms with Gasteiger partial charge in [0.2, 0.25) is 0 Å². The van der Waals surface area contributed by atoms with E-state index in [1.165, 1.54) is 0 Å². The van der Waals surface area contributed by atoms with Crippen molar-refractivity contribution in [2.75, 3.05) is 13.2 Å². The van der Waals surface area contributed by atoms with Crippen molar-refractivity contribution < 1.29 is 19.0 Å². The normalized spacial score (nSPS) is 43.5. The zero-order valence-electron chi connectivity index (χ0n) is 7.91. The minimum Gasteiger partial charge on any atom is -0.376 e. The summed E-state index contributed by atoms with van der Waals surface area (Å²) in [7, 11) is 0. The van der Waals surface area contributed by atoms with Gasteiger partial charge in [0.05, 0.1) is 19.6 Å². The van der Waals surface area contributed by atoms with E-state index >= 15 is 0 Å². The van der Waals surface area contributed by atoms with E-state index in [4.69, 9.17) is 14.2 Å². The second-order valence-corrected chi connectivity index (χ2v) is 3.86. The van der Waals surface area contributed by atoms with Crippen LogP contribution in [-0.4, -0.2) is 37.0 Å². The Labute approximate surface area is 77.1 Å². The van der Waals surface area contributed by atoms with Gasteiger partial charge in [0, 0.05) is 0 Å². The lowest BCUT2D eigenvalue weighted by molar-refractivity contribution is -0.183. The SMILES string of the molecule is CC(=O)CC1(C)O[C@H]2COC[C@H]2O1. The van der Waals surface area contributed by atoms with Gasteiger partial charge < -0.3 is 14.2 Å². The molecule has 2 rings (SSSR count). The molecule has 0 bridgehead atoms. The third-order valence-electron chi connectivity index (χ3n) is 2.35. The van der Waals surface area contributed by atoms with Crippen molar-refractivity contribution in [3.05, 3.63) is 0 Å². The number of carbonyl (C=O) groups is 1. The molecule has 4 heteroatoms. The highest BCUT2D eigenvalue weighted by Crippen LogP contribution is 2.34. The lowest BCUT2D eigenvalue weighted by Crippen LogP contribution is -2.30. The molecule has 0 saturated carbocycles. The third-order valence-corrected chi connectivity index (χ3v) is 2.35. The van der Waals surface area contributed by atoms with Crippen molar-refractivity contribution >= 4 is 5.78 Å². The van der Waals surface area contributed by atoms with Gasteiger partial charge in [-0.05, 0) is 13.8 Å². The first-order valence-electron chi connectivity index (χ1n) is 4.52. The molecule has 0 aromatic carbocycles. The fourth-order valence-electron chi connectivity index (χ4n) is 1.94. The van der Waals surface area contributed by atoms with Crippen LogP contribution in [0.25, 0.3) is 0 Å². The predicted molar refractivity (Wildman–Crippen MR) is 44.3 cm³/mol. The van der Waals surface area contributed by atoms with Gasteiger partial charge in [0.25, 0.3) is 0 Å². The molecule has 0 spiro atoms. The summed E-state index contributed by atoms with van der Waals surface area (Å²) in [5.41, 5.74) is 0. The standard InChI is InChI=1S/C9H14O4/c1-6(10)3-9(2)12-7-4-11-5-8(7)13-9/h7-8H,3-5H2,1-2H3/t7-,8+,9?. The highest BCUT2D eigenvalue weighted by Gasteiger charge is 2.47. The second-order valence-electron chi connectivity index (χ2n) is 3.86. The van der Waals surface area contributed by atoms with Crippen LogP contribution in [0.5, 0.6) is 0 Å². The van der Waals surface area contributed by atoms with Crippen LogP contribution in [-0.2, 0) is 19.0 Å². The van der Waals surface area contributed by atoms with Crippen LogP contribution in [0.3, 0.4) is 0 Å². The minimum absolute atomic E-state index is 0.0179. The molecule has 4 nitrogen and oxygen atoms in total. The molecule has 0 amide bonds. The molecule has 3 atom stereocenters. The van der Waals surface area contributed by atoms with Gasteiger partial charge in [-0.3, -0.25) is 4.79 Å².